The summed E-state index contributed by atoms with van der Waals surface area (Å²) in [6, 6.07) is 9.97. The Morgan fingerprint density at radius 2 is 0.868 bits per heavy atom. The molecule has 1 aromatic carbocycles. The maximum Gasteiger partial charge on any atom is 0.501 e. The summed E-state index contributed by atoms with van der Waals surface area (Å²) < 4.78 is 36.6. The molecule has 4 bridgehead atoms. The van der Waals surface area contributed by atoms with Gasteiger partial charge in [0.05, 0.1) is 39.6 Å². The van der Waals surface area contributed by atoms with Crippen LogP contribution in [0.5, 0.6) is 0 Å². The van der Waals surface area contributed by atoms with E-state index in [0.717, 1.165) is 88.4 Å². The molecule has 0 N–H and O–H groups in total. The monoisotopic (exact) mass is 562 g/mol. The van der Waals surface area contributed by atoms with E-state index in [4.69, 9.17) is 26.6 Å². The van der Waals surface area contributed by atoms with Crippen LogP contribution in [-0.4, -0.2) is 132 Å². The van der Waals surface area contributed by atoms with Gasteiger partial charge in [-0.15, -0.1) is 0 Å². The Morgan fingerprint density at radius 3 is 1.18 bits per heavy atom. The summed E-state index contributed by atoms with van der Waals surface area (Å²) in [6.07, 6.45) is 5.68. The summed E-state index contributed by atoms with van der Waals surface area (Å²) in [5, 5.41) is 0. The smallest absolute Gasteiger partial charge is 0.372 e. The third-order valence-corrected chi connectivity index (χ3v) is 13.1. The summed E-state index contributed by atoms with van der Waals surface area (Å²) in [6.45, 7) is 11.5. The lowest BCUT2D eigenvalue weighted by Gasteiger charge is -2.38. The van der Waals surface area contributed by atoms with Crippen molar-refractivity contribution in [3.8, 4) is 0 Å². The normalized spacial score (nSPS) is 32.5. The molecule has 0 atom stereocenters. The van der Waals surface area contributed by atoms with Gasteiger partial charge in [0.25, 0.3) is 0 Å². The average Bonchev–Trinajstić information content (AvgIpc) is 2.85. The average molecular weight is 563 g/mol. The van der Waals surface area contributed by atoms with Crippen molar-refractivity contribution < 1.29 is 26.6 Å². The standard InChI is InChI=1S/C26H42N4O6Si2/c1(21-37-31-15-9-29(10-16-32-37)11-17-33-37)7-27-23-25-3-5-26(6-4-25)24-28-8-2-22-38-34-18-12-30(13-19-35-38)14-20-36-38/h3-6,23-24H,1-2,7-22H2. The first kappa shape index (κ1) is 28.2. The molecule has 0 spiro atoms. The van der Waals surface area contributed by atoms with Gasteiger partial charge >= 0.3 is 17.6 Å². The molecule has 6 saturated heterocycles. The van der Waals surface area contributed by atoms with Gasteiger partial charge in [0.15, 0.2) is 0 Å². The van der Waals surface area contributed by atoms with Crippen LogP contribution in [0.25, 0.3) is 0 Å². The molecule has 0 radical (unpaired) electrons. The van der Waals surface area contributed by atoms with Crippen LogP contribution < -0.4 is 0 Å². The van der Waals surface area contributed by atoms with Crippen LogP contribution in [0.2, 0.25) is 12.1 Å². The zero-order valence-electron chi connectivity index (χ0n) is 22.4. The maximum absolute atomic E-state index is 6.09. The van der Waals surface area contributed by atoms with Crippen LogP contribution in [-0.2, 0) is 26.6 Å². The number of nitrogens with zero attached hydrogens (tertiary/aromatic N) is 4. The van der Waals surface area contributed by atoms with E-state index in [1.54, 1.807) is 0 Å². The first-order chi connectivity index (χ1) is 18.7. The SMILES string of the molecule is C(=NCCC[Si]12OCCN(CCO1)CCO2)c1ccc(C=NCCC[Si]23OCCN(CCO2)CCO3)cc1. The van der Waals surface area contributed by atoms with E-state index in [0.29, 0.717) is 39.6 Å². The summed E-state index contributed by atoms with van der Waals surface area (Å²) in [5.74, 6) is 0. The first-order valence-corrected chi connectivity index (χ1v) is 18.0. The third-order valence-electron chi connectivity index (χ3n) is 7.33. The Kier molecular flexibility index (Phi) is 10.7. The molecule has 6 heterocycles. The second kappa shape index (κ2) is 14.3. The van der Waals surface area contributed by atoms with Crippen LogP contribution in [0.15, 0.2) is 34.3 Å². The van der Waals surface area contributed by atoms with E-state index in [-0.39, 0.29) is 0 Å². The Morgan fingerprint density at radius 1 is 0.553 bits per heavy atom. The van der Waals surface area contributed by atoms with Gasteiger partial charge in [-0.1, -0.05) is 24.3 Å². The highest BCUT2D eigenvalue weighted by atomic mass is 28.4. The van der Waals surface area contributed by atoms with Gasteiger partial charge in [-0.25, -0.2) is 0 Å². The van der Waals surface area contributed by atoms with Crippen molar-refractivity contribution in [2.75, 3.05) is 92.0 Å². The molecule has 12 heteroatoms. The predicted octanol–water partition coefficient (Wildman–Crippen LogP) is 1.94. The van der Waals surface area contributed by atoms with Crippen LogP contribution in [0.1, 0.15) is 24.0 Å². The van der Waals surface area contributed by atoms with Crippen LogP contribution in [0, 0.1) is 0 Å². The van der Waals surface area contributed by atoms with Crippen molar-refractivity contribution >= 4 is 30.0 Å². The molecule has 210 valence electrons. The topological polar surface area (TPSA) is 86.6 Å². The number of aliphatic imine (C=N–C) groups is 2. The Bertz CT molecular complexity index is 795. The van der Waals surface area contributed by atoms with E-state index in [9.17, 15) is 0 Å². The quantitative estimate of drug-likeness (QED) is 0.243. The minimum atomic E-state index is -2.54. The van der Waals surface area contributed by atoms with Crippen molar-refractivity contribution in [2.24, 2.45) is 9.98 Å². The highest BCUT2D eigenvalue weighted by Crippen LogP contribution is 2.23. The minimum Gasteiger partial charge on any atom is -0.372 e. The van der Waals surface area contributed by atoms with Gasteiger partial charge in [0.2, 0.25) is 0 Å². The maximum atomic E-state index is 6.09. The van der Waals surface area contributed by atoms with Crippen molar-refractivity contribution in [3.63, 3.8) is 0 Å². The van der Waals surface area contributed by atoms with E-state index >= 15 is 0 Å². The fourth-order valence-corrected chi connectivity index (χ4v) is 10.1. The predicted molar refractivity (Wildman–Crippen MR) is 150 cm³/mol. The van der Waals surface area contributed by atoms with Crippen LogP contribution >= 0.6 is 0 Å². The first-order valence-electron chi connectivity index (χ1n) is 14.1. The van der Waals surface area contributed by atoms with Crippen molar-refractivity contribution in [1.29, 1.82) is 0 Å². The molecule has 6 fully saturated rings. The van der Waals surface area contributed by atoms with Gasteiger partial charge < -0.3 is 26.6 Å². The lowest BCUT2D eigenvalue weighted by Crippen LogP contribution is -2.55. The van der Waals surface area contributed by atoms with E-state index in [1.807, 2.05) is 12.4 Å². The zero-order valence-corrected chi connectivity index (χ0v) is 24.4. The van der Waals surface area contributed by atoms with Gasteiger partial charge in [-0.2, -0.15) is 0 Å². The molecule has 38 heavy (non-hydrogen) atoms. The molecule has 10 nitrogen and oxygen atoms in total. The number of rotatable bonds is 10. The molecule has 0 amide bonds. The highest BCUT2D eigenvalue weighted by molar-refractivity contribution is 6.61. The Labute approximate surface area is 228 Å². The fourth-order valence-electron chi connectivity index (χ4n) is 5.12. The molecule has 0 saturated carbocycles. The van der Waals surface area contributed by atoms with Crippen LogP contribution in [0.3, 0.4) is 0 Å². The number of hydrogen-bond donors (Lipinski definition) is 0. The lowest BCUT2D eigenvalue weighted by atomic mass is 10.1. The van der Waals surface area contributed by atoms with E-state index in [1.165, 1.54) is 0 Å². The molecule has 7 rings (SSSR count). The molecule has 0 aliphatic carbocycles. The molecule has 6 aliphatic heterocycles. The molecule has 0 unspecified atom stereocenters. The Hall–Kier alpha value is -1.33. The molecule has 1 aromatic rings. The second-order valence-corrected chi connectivity index (χ2v) is 15.5. The summed E-state index contributed by atoms with van der Waals surface area (Å²) >= 11 is 0. The summed E-state index contributed by atoms with van der Waals surface area (Å²) in [4.78, 5) is 13.9. The van der Waals surface area contributed by atoms with Crippen molar-refractivity contribution in [3.05, 3.63) is 35.4 Å². The molecular formula is C26H42N4O6Si2. The molecule has 0 aromatic heterocycles. The third kappa shape index (κ3) is 8.34. The van der Waals surface area contributed by atoms with Gasteiger partial charge in [-0.05, 0) is 24.0 Å². The number of hydrogen-bond acceptors (Lipinski definition) is 10. The second-order valence-electron chi connectivity index (χ2n) is 10.1. The highest BCUT2D eigenvalue weighted by Gasteiger charge is 2.44. The van der Waals surface area contributed by atoms with Gasteiger partial charge in [0.1, 0.15) is 0 Å². The molecular weight excluding hydrogens is 520 g/mol. The Balaban J connectivity index is 1.00. The van der Waals surface area contributed by atoms with E-state index in [2.05, 4.69) is 44.1 Å². The minimum absolute atomic E-state index is 0.698. The van der Waals surface area contributed by atoms with Crippen molar-refractivity contribution in [1.82, 2.24) is 9.80 Å². The number of fused-ring (bicyclic) bond motifs is 12. The summed E-state index contributed by atoms with van der Waals surface area (Å²) in [7, 11) is -5.08. The van der Waals surface area contributed by atoms with Crippen molar-refractivity contribution in [2.45, 2.75) is 24.9 Å². The summed E-state index contributed by atoms with van der Waals surface area (Å²) in [5.41, 5.74) is 2.17. The fraction of sp³-hybridized carbons (Fsp3) is 0.692. The van der Waals surface area contributed by atoms with Gasteiger partial charge in [0, 0.05) is 76.9 Å². The molecule has 6 aliphatic rings. The lowest BCUT2D eigenvalue weighted by molar-refractivity contribution is -0.00891. The van der Waals surface area contributed by atoms with Crippen LogP contribution in [0.4, 0.5) is 0 Å². The van der Waals surface area contributed by atoms with Gasteiger partial charge in [-0.3, -0.25) is 19.8 Å². The number of benzene rings is 1. The zero-order chi connectivity index (χ0) is 25.9. The largest absolute Gasteiger partial charge is 0.501 e. The van der Waals surface area contributed by atoms with E-state index < -0.39 is 17.6 Å².